The van der Waals surface area contributed by atoms with E-state index in [-0.39, 0.29) is 5.15 Å². The molecule has 1 aliphatic rings. The van der Waals surface area contributed by atoms with E-state index in [0.29, 0.717) is 18.9 Å². The van der Waals surface area contributed by atoms with E-state index in [0.717, 1.165) is 41.2 Å². The molecular formula is C21H26ClN5O2S. The molecule has 2 aromatic rings. The number of nitrogens with zero attached hydrogens (tertiary/aromatic N) is 4. The number of ether oxygens (including phenoxy) is 1. The fraction of sp³-hybridized carbons (Fsp3) is 0.333. The molecule has 1 aliphatic heterocycles. The van der Waals surface area contributed by atoms with Gasteiger partial charge in [-0.3, -0.25) is 9.71 Å². The third-order valence-electron chi connectivity index (χ3n) is 4.77. The summed E-state index contributed by atoms with van der Waals surface area (Å²) in [5.41, 5.74) is 5.21. The van der Waals surface area contributed by atoms with E-state index in [1.54, 1.807) is 24.6 Å². The minimum Gasteiger partial charge on any atom is -0.378 e. The molecule has 1 saturated heterocycles. The quantitative estimate of drug-likeness (QED) is 0.514. The van der Waals surface area contributed by atoms with Crippen LogP contribution in [0.4, 0.5) is 11.4 Å². The largest absolute Gasteiger partial charge is 0.378 e. The highest BCUT2D eigenvalue weighted by atomic mass is 35.5. The molecular weight excluding hydrogens is 422 g/mol. The summed E-state index contributed by atoms with van der Waals surface area (Å²) in [6.07, 6.45) is 3.79. The molecule has 0 bridgehead atoms. The van der Waals surface area contributed by atoms with Crippen LogP contribution in [0.1, 0.15) is 12.5 Å². The second kappa shape index (κ2) is 10.2. The number of hydrogen-bond acceptors (Lipinski definition) is 5. The molecule has 2 heterocycles. The summed E-state index contributed by atoms with van der Waals surface area (Å²) in [6.45, 7) is 8.81. The first-order valence-electron chi connectivity index (χ1n) is 9.56. The first kappa shape index (κ1) is 22.4. The van der Waals surface area contributed by atoms with Crippen LogP contribution in [0.25, 0.3) is 16.8 Å². The van der Waals surface area contributed by atoms with E-state index in [2.05, 4.69) is 38.5 Å². The molecule has 9 heteroatoms. The number of aromatic nitrogens is 1. The van der Waals surface area contributed by atoms with Gasteiger partial charge in [0.25, 0.3) is 0 Å². The van der Waals surface area contributed by atoms with Gasteiger partial charge in [0.2, 0.25) is 0 Å². The van der Waals surface area contributed by atoms with Crippen LogP contribution in [-0.4, -0.2) is 65.5 Å². The number of benzene rings is 1. The van der Waals surface area contributed by atoms with Gasteiger partial charge in [-0.25, -0.2) is 13.5 Å². The minimum atomic E-state index is -1.41. The van der Waals surface area contributed by atoms with Crippen LogP contribution in [0.15, 0.2) is 41.5 Å². The van der Waals surface area contributed by atoms with Crippen molar-refractivity contribution >= 4 is 46.6 Å². The number of allylic oxidation sites excluding steroid dienone is 1. The molecule has 0 aliphatic carbocycles. The van der Waals surface area contributed by atoms with Gasteiger partial charge in [-0.1, -0.05) is 23.7 Å². The molecule has 0 saturated carbocycles. The van der Waals surface area contributed by atoms with E-state index in [9.17, 15) is 4.21 Å². The summed E-state index contributed by atoms with van der Waals surface area (Å²) in [5, 5.41) is 0.265. The molecule has 1 fully saturated rings. The fourth-order valence-corrected chi connectivity index (χ4v) is 3.97. The number of rotatable bonds is 7. The average molecular weight is 448 g/mol. The average Bonchev–Trinajstić information content (AvgIpc) is 2.76. The Morgan fingerprint density at radius 1 is 1.33 bits per heavy atom. The second-order valence-electron chi connectivity index (χ2n) is 6.89. The second-order valence-corrected chi connectivity index (χ2v) is 8.68. The van der Waals surface area contributed by atoms with Crippen LogP contribution >= 0.6 is 11.6 Å². The molecule has 1 aromatic carbocycles. The van der Waals surface area contributed by atoms with Crippen molar-refractivity contribution in [3.8, 4) is 11.1 Å². The number of anilines is 1. The lowest BCUT2D eigenvalue weighted by Gasteiger charge is -2.31. The zero-order valence-corrected chi connectivity index (χ0v) is 19.0. The first-order valence-corrected chi connectivity index (χ1v) is 11.0. The normalized spacial score (nSPS) is 15.9. The van der Waals surface area contributed by atoms with Crippen LogP contribution < -0.4 is 4.72 Å². The predicted molar refractivity (Wildman–Crippen MR) is 125 cm³/mol. The SMILES string of the molecule is C=Nc1ccc(-c2cnc(Cl)c(NS(=O)N(C)C)c2)cc1/C(=C\C)N1CCOCC1. The van der Waals surface area contributed by atoms with Crippen LogP contribution in [0.2, 0.25) is 5.15 Å². The van der Waals surface area contributed by atoms with Crippen molar-refractivity contribution in [2.24, 2.45) is 4.99 Å². The van der Waals surface area contributed by atoms with Crippen molar-refractivity contribution in [1.29, 1.82) is 0 Å². The van der Waals surface area contributed by atoms with Crippen LogP contribution in [-0.2, 0) is 15.9 Å². The zero-order chi connectivity index (χ0) is 21.7. The maximum absolute atomic E-state index is 12.2. The van der Waals surface area contributed by atoms with Gasteiger partial charge in [0.05, 0.1) is 24.6 Å². The molecule has 0 spiro atoms. The van der Waals surface area contributed by atoms with Gasteiger partial charge < -0.3 is 9.64 Å². The predicted octanol–water partition coefficient (Wildman–Crippen LogP) is 3.98. The summed E-state index contributed by atoms with van der Waals surface area (Å²) in [4.78, 5) is 10.8. The molecule has 160 valence electrons. The smallest absolute Gasteiger partial charge is 0.195 e. The molecule has 1 unspecified atom stereocenters. The third kappa shape index (κ3) is 5.07. The molecule has 0 amide bonds. The number of pyridine rings is 1. The summed E-state index contributed by atoms with van der Waals surface area (Å²) in [5.74, 6) is 0. The third-order valence-corrected chi connectivity index (χ3v) is 6.13. The number of morpholine rings is 1. The van der Waals surface area contributed by atoms with Crippen molar-refractivity contribution < 1.29 is 8.95 Å². The van der Waals surface area contributed by atoms with Crippen LogP contribution in [0, 0.1) is 0 Å². The Bertz CT molecular complexity index is 974. The zero-order valence-electron chi connectivity index (χ0n) is 17.4. The molecule has 30 heavy (non-hydrogen) atoms. The van der Waals surface area contributed by atoms with Gasteiger partial charge in [0, 0.05) is 50.2 Å². The summed E-state index contributed by atoms with van der Waals surface area (Å²) >= 11 is 4.80. The number of halogens is 1. The Kier molecular flexibility index (Phi) is 7.60. The van der Waals surface area contributed by atoms with E-state index < -0.39 is 11.2 Å². The standard InChI is InChI=1S/C21H26ClN5O2S/c1-5-20(27-8-10-29-11-9-27)17-12-15(6-7-18(17)23-2)16-13-19(21(22)24-14-16)25-30(28)26(3)4/h5-7,12-14,25H,2,8-11H2,1,3-4H3/b20-5+. The molecule has 3 rings (SSSR count). The van der Waals surface area contributed by atoms with E-state index >= 15 is 0 Å². The number of nitrogens with one attached hydrogen (secondary N) is 1. The Morgan fingerprint density at radius 3 is 2.70 bits per heavy atom. The lowest BCUT2D eigenvalue weighted by atomic mass is 10.00. The Balaban J connectivity index is 2.00. The van der Waals surface area contributed by atoms with Gasteiger partial charge in [-0.2, -0.15) is 0 Å². The van der Waals surface area contributed by atoms with Gasteiger partial charge in [0.15, 0.2) is 16.3 Å². The molecule has 1 N–H and O–H groups in total. The minimum absolute atomic E-state index is 0.265. The number of aliphatic imine (C=N–C) groups is 1. The molecule has 0 radical (unpaired) electrons. The summed E-state index contributed by atoms with van der Waals surface area (Å²) in [6, 6.07) is 7.84. The Hall–Kier alpha value is -2.26. The van der Waals surface area contributed by atoms with E-state index in [4.69, 9.17) is 16.3 Å². The molecule has 1 aromatic heterocycles. The van der Waals surface area contributed by atoms with Crippen molar-refractivity contribution in [1.82, 2.24) is 14.2 Å². The van der Waals surface area contributed by atoms with Crippen molar-refractivity contribution in [2.45, 2.75) is 6.92 Å². The molecule has 7 nitrogen and oxygen atoms in total. The van der Waals surface area contributed by atoms with Crippen molar-refractivity contribution in [2.75, 3.05) is 45.1 Å². The topological polar surface area (TPSA) is 70.1 Å². The summed E-state index contributed by atoms with van der Waals surface area (Å²) in [7, 11) is 3.43. The summed E-state index contributed by atoms with van der Waals surface area (Å²) < 4.78 is 22.1. The van der Waals surface area contributed by atoms with E-state index in [1.165, 1.54) is 0 Å². The fourth-order valence-electron chi connectivity index (χ4n) is 3.23. The highest BCUT2D eigenvalue weighted by Gasteiger charge is 2.18. The van der Waals surface area contributed by atoms with Crippen molar-refractivity contribution in [3.05, 3.63) is 47.3 Å². The van der Waals surface area contributed by atoms with Gasteiger partial charge in [0.1, 0.15) is 0 Å². The van der Waals surface area contributed by atoms with Gasteiger partial charge in [-0.05, 0) is 37.4 Å². The lowest BCUT2D eigenvalue weighted by molar-refractivity contribution is 0.0639. The first-order chi connectivity index (χ1) is 14.4. The maximum Gasteiger partial charge on any atom is 0.195 e. The van der Waals surface area contributed by atoms with Gasteiger partial charge in [-0.15, -0.1) is 0 Å². The van der Waals surface area contributed by atoms with Gasteiger partial charge >= 0.3 is 0 Å². The number of hydrogen-bond donors (Lipinski definition) is 1. The highest BCUT2D eigenvalue weighted by Crippen LogP contribution is 2.35. The monoisotopic (exact) mass is 447 g/mol. The Labute approximate surface area is 185 Å². The van der Waals surface area contributed by atoms with Crippen LogP contribution in [0.5, 0.6) is 0 Å². The Morgan fingerprint density at radius 2 is 2.07 bits per heavy atom. The molecule has 1 atom stereocenters. The van der Waals surface area contributed by atoms with E-state index in [1.807, 2.05) is 25.1 Å². The maximum atomic E-state index is 12.2. The highest BCUT2D eigenvalue weighted by molar-refractivity contribution is 7.84. The van der Waals surface area contributed by atoms with Crippen LogP contribution in [0.3, 0.4) is 0 Å². The van der Waals surface area contributed by atoms with Crippen molar-refractivity contribution in [3.63, 3.8) is 0 Å². The lowest BCUT2D eigenvalue weighted by Crippen LogP contribution is -2.34.